The van der Waals surface area contributed by atoms with Gasteiger partial charge < -0.3 is 15.0 Å². The van der Waals surface area contributed by atoms with Gasteiger partial charge in [0.15, 0.2) is 0 Å². The van der Waals surface area contributed by atoms with Crippen LogP contribution >= 0.6 is 0 Å². The lowest BCUT2D eigenvalue weighted by atomic mass is 9.84. The van der Waals surface area contributed by atoms with Crippen molar-refractivity contribution in [3.8, 4) is 0 Å². The Balaban J connectivity index is 1.40. The summed E-state index contributed by atoms with van der Waals surface area (Å²) in [4.78, 5) is 26.7. The summed E-state index contributed by atoms with van der Waals surface area (Å²) in [6.07, 6.45) is 6.65. The van der Waals surface area contributed by atoms with Gasteiger partial charge in [0.25, 0.3) is 0 Å². The van der Waals surface area contributed by atoms with E-state index in [1.54, 1.807) is 4.90 Å². The molecule has 0 unspecified atom stereocenters. The number of benzene rings is 2. The highest BCUT2D eigenvalue weighted by atomic mass is 16.5. The summed E-state index contributed by atoms with van der Waals surface area (Å²) < 4.78 is 5.77. The Morgan fingerprint density at radius 1 is 1.20 bits per heavy atom. The minimum atomic E-state index is -0.336. The van der Waals surface area contributed by atoms with Crippen molar-refractivity contribution in [2.24, 2.45) is 0 Å². The first-order chi connectivity index (χ1) is 14.5. The quantitative estimate of drug-likeness (QED) is 0.757. The van der Waals surface area contributed by atoms with Crippen LogP contribution in [0, 0.1) is 0 Å². The molecule has 2 atom stereocenters. The van der Waals surface area contributed by atoms with Gasteiger partial charge in [-0.15, -0.1) is 0 Å². The topological polar surface area (TPSA) is 58.6 Å². The summed E-state index contributed by atoms with van der Waals surface area (Å²) in [6, 6.07) is 14.8. The molecular weight excluding hydrogens is 376 g/mol. The third-order valence-electron chi connectivity index (χ3n) is 6.59. The fraction of sp³-hybridized carbons (Fsp3) is 0.520. The van der Waals surface area contributed by atoms with E-state index in [0.717, 1.165) is 32.3 Å². The number of nitrogens with zero attached hydrogens (tertiary/aromatic N) is 1. The molecule has 1 N–H and O–H groups in total. The Labute approximate surface area is 178 Å². The Morgan fingerprint density at radius 3 is 2.77 bits per heavy atom. The van der Waals surface area contributed by atoms with E-state index in [1.165, 1.54) is 22.8 Å². The molecule has 2 heterocycles. The van der Waals surface area contributed by atoms with E-state index in [2.05, 4.69) is 35.6 Å². The van der Waals surface area contributed by atoms with Crippen molar-refractivity contribution in [2.75, 3.05) is 20.2 Å². The number of carbonyl (C=O) groups excluding carboxylic acids is 2. The van der Waals surface area contributed by atoms with Gasteiger partial charge in [-0.1, -0.05) is 42.5 Å². The number of hydrogen-bond donors (Lipinski definition) is 1. The first-order valence-corrected chi connectivity index (χ1v) is 11.2. The van der Waals surface area contributed by atoms with Crippen LogP contribution in [0.2, 0.25) is 0 Å². The Bertz CT molecular complexity index is 906. The molecule has 0 aromatic heterocycles. The van der Waals surface area contributed by atoms with Gasteiger partial charge in [-0.2, -0.15) is 0 Å². The molecule has 2 aliphatic rings. The minimum Gasteiger partial charge on any atom is -0.376 e. The third kappa shape index (κ3) is 5.01. The zero-order valence-electron chi connectivity index (χ0n) is 17.9. The van der Waals surface area contributed by atoms with Crippen LogP contribution in [0.15, 0.2) is 42.5 Å². The van der Waals surface area contributed by atoms with Gasteiger partial charge in [0.2, 0.25) is 11.8 Å². The highest BCUT2D eigenvalue weighted by Gasteiger charge is 2.38. The molecule has 2 aliphatic heterocycles. The number of amides is 2. The number of carbonyl (C=O) groups is 2. The zero-order valence-corrected chi connectivity index (χ0v) is 17.9. The van der Waals surface area contributed by atoms with Crippen molar-refractivity contribution in [3.63, 3.8) is 0 Å². The average molecular weight is 409 g/mol. The first kappa shape index (κ1) is 20.9. The molecule has 0 spiro atoms. The van der Waals surface area contributed by atoms with Crippen LogP contribution in [-0.2, 0) is 20.7 Å². The molecule has 2 saturated heterocycles. The van der Waals surface area contributed by atoms with Gasteiger partial charge in [0.1, 0.15) is 0 Å². The standard InChI is InChI=1S/C25H32N2O3/c1-27(18-22-8-4-5-15-30-22)24(29)12-14-25(13-11-23(28)26-25)17-19-9-10-20-6-2-3-7-21(20)16-19/h2-3,6-7,9-10,16,22H,4-5,8,11-15,17-18H2,1H3,(H,26,28)/t22-,25-/m1/s1. The van der Waals surface area contributed by atoms with Crippen LogP contribution < -0.4 is 5.32 Å². The summed E-state index contributed by atoms with van der Waals surface area (Å²) in [5.41, 5.74) is 0.865. The molecule has 2 fully saturated rings. The second-order valence-corrected chi connectivity index (χ2v) is 8.95. The number of hydrogen-bond acceptors (Lipinski definition) is 3. The monoisotopic (exact) mass is 408 g/mol. The van der Waals surface area contributed by atoms with Crippen molar-refractivity contribution >= 4 is 22.6 Å². The van der Waals surface area contributed by atoms with Crippen molar-refractivity contribution in [1.29, 1.82) is 0 Å². The molecule has 2 aromatic rings. The molecule has 30 heavy (non-hydrogen) atoms. The largest absolute Gasteiger partial charge is 0.376 e. The zero-order chi connectivity index (χ0) is 21.0. The van der Waals surface area contributed by atoms with Gasteiger partial charge in [-0.25, -0.2) is 0 Å². The number of likely N-dealkylation sites (N-methyl/N-ethyl adjacent to an activating group) is 1. The number of nitrogens with one attached hydrogen (secondary N) is 1. The van der Waals surface area contributed by atoms with Crippen LogP contribution in [0.1, 0.15) is 50.5 Å². The van der Waals surface area contributed by atoms with Crippen molar-refractivity contribution in [1.82, 2.24) is 10.2 Å². The van der Waals surface area contributed by atoms with Gasteiger partial charge in [-0.3, -0.25) is 9.59 Å². The molecule has 0 saturated carbocycles. The highest BCUT2D eigenvalue weighted by Crippen LogP contribution is 2.31. The van der Waals surface area contributed by atoms with E-state index in [4.69, 9.17) is 4.74 Å². The first-order valence-electron chi connectivity index (χ1n) is 11.2. The Hall–Kier alpha value is -2.40. The normalized spacial score (nSPS) is 24.0. The molecular formula is C25H32N2O3. The lowest BCUT2D eigenvalue weighted by Gasteiger charge is -2.31. The molecule has 0 bridgehead atoms. The molecule has 160 valence electrons. The predicted molar refractivity (Wildman–Crippen MR) is 118 cm³/mol. The average Bonchev–Trinajstić information content (AvgIpc) is 3.13. The van der Waals surface area contributed by atoms with Gasteiger partial charge in [0.05, 0.1) is 6.10 Å². The minimum absolute atomic E-state index is 0.0900. The van der Waals surface area contributed by atoms with Gasteiger partial charge in [-0.05, 0) is 54.9 Å². The van der Waals surface area contributed by atoms with Gasteiger partial charge in [0, 0.05) is 38.6 Å². The maximum absolute atomic E-state index is 12.8. The van der Waals surface area contributed by atoms with E-state index < -0.39 is 0 Å². The molecule has 4 rings (SSSR count). The van der Waals surface area contributed by atoms with Crippen molar-refractivity contribution in [3.05, 3.63) is 48.0 Å². The fourth-order valence-electron chi connectivity index (χ4n) is 4.82. The lowest BCUT2D eigenvalue weighted by Crippen LogP contribution is -2.45. The number of rotatable bonds is 7. The van der Waals surface area contributed by atoms with Crippen LogP contribution in [0.3, 0.4) is 0 Å². The van der Waals surface area contributed by atoms with E-state index >= 15 is 0 Å². The maximum Gasteiger partial charge on any atom is 0.222 e. The van der Waals surface area contributed by atoms with Crippen LogP contribution in [0.5, 0.6) is 0 Å². The van der Waals surface area contributed by atoms with Crippen LogP contribution in [0.4, 0.5) is 0 Å². The summed E-state index contributed by atoms with van der Waals surface area (Å²) >= 11 is 0. The summed E-state index contributed by atoms with van der Waals surface area (Å²) in [7, 11) is 1.86. The predicted octanol–water partition coefficient (Wildman–Crippen LogP) is 3.84. The smallest absolute Gasteiger partial charge is 0.222 e. The third-order valence-corrected chi connectivity index (χ3v) is 6.59. The molecule has 5 nitrogen and oxygen atoms in total. The Kier molecular flexibility index (Phi) is 6.38. The van der Waals surface area contributed by atoms with Crippen LogP contribution in [0.25, 0.3) is 10.8 Å². The molecule has 2 aromatic carbocycles. The fourth-order valence-corrected chi connectivity index (χ4v) is 4.82. The number of fused-ring (bicyclic) bond motifs is 1. The molecule has 5 heteroatoms. The van der Waals surface area contributed by atoms with Gasteiger partial charge >= 0.3 is 0 Å². The van der Waals surface area contributed by atoms with Crippen LogP contribution in [-0.4, -0.2) is 48.6 Å². The summed E-state index contributed by atoms with van der Waals surface area (Å²) in [5, 5.41) is 5.63. The maximum atomic E-state index is 12.8. The highest BCUT2D eigenvalue weighted by molar-refractivity contribution is 5.83. The molecule has 0 aliphatic carbocycles. The van der Waals surface area contributed by atoms with E-state index in [0.29, 0.717) is 25.8 Å². The second kappa shape index (κ2) is 9.17. The number of ether oxygens (including phenoxy) is 1. The summed E-state index contributed by atoms with van der Waals surface area (Å²) in [5.74, 6) is 0.218. The summed E-state index contributed by atoms with van der Waals surface area (Å²) in [6.45, 7) is 1.45. The second-order valence-electron chi connectivity index (χ2n) is 8.95. The van der Waals surface area contributed by atoms with Crippen molar-refractivity contribution < 1.29 is 14.3 Å². The lowest BCUT2D eigenvalue weighted by molar-refractivity contribution is -0.133. The van der Waals surface area contributed by atoms with Crippen molar-refractivity contribution in [2.45, 2.75) is 63.0 Å². The van der Waals surface area contributed by atoms with E-state index in [9.17, 15) is 9.59 Å². The molecule has 2 amide bonds. The van der Waals surface area contributed by atoms with E-state index in [-0.39, 0.29) is 23.5 Å². The van der Waals surface area contributed by atoms with E-state index in [1.807, 2.05) is 19.2 Å². The molecule has 0 radical (unpaired) electrons. The Morgan fingerprint density at radius 2 is 2.03 bits per heavy atom. The SMILES string of the molecule is CN(C[C@H]1CCCCO1)C(=O)CC[C@@]1(Cc2ccc3ccccc3c2)CCC(=O)N1.